The topological polar surface area (TPSA) is 59.4 Å². The first-order valence-electron chi connectivity index (χ1n) is 4.18. The van der Waals surface area contributed by atoms with Crippen LogP contribution in [0.5, 0.6) is 5.88 Å². The minimum atomic E-state index is -5.19. The lowest BCUT2D eigenvalue weighted by molar-refractivity contribution is -0.276. The highest BCUT2D eigenvalue weighted by molar-refractivity contribution is 14.1. The van der Waals surface area contributed by atoms with E-state index in [0.717, 1.165) is 22.6 Å². The van der Waals surface area contributed by atoms with Gasteiger partial charge in [0.2, 0.25) is 5.88 Å². The maximum absolute atomic E-state index is 12.6. The summed E-state index contributed by atoms with van der Waals surface area (Å²) < 4.78 is 75.9. The molecule has 1 aromatic heterocycles. The van der Waals surface area contributed by atoms with Crippen LogP contribution in [0.2, 0.25) is 0 Å². The fraction of sp³-hybridized carbons (Fsp3) is 0.250. The molecule has 11 heteroatoms. The molecule has 106 valence electrons. The Bertz CT molecular complexity index is 512. The predicted molar refractivity (Wildman–Crippen MR) is 55.6 cm³/mol. The van der Waals surface area contributed by atoms with Crippen molar-refractivity contribution >= 4 is 28.6 Å². The van der Waals surface area contributed by atoms with E-state index in [1.807, 2.05) is 0 Å². The Hall–Kier alpha value is -1.27. The third-order valence-electron chi connectivity index (χ3n) is 1.65. The van der Waals surface area contributed by atoms with Crippen molar-refractivity contribution in [2.75, 3.05) is 0 Å². The molecule has 19 heavy (non-hydrogen) atoms. The first-order valence-corrected chi connectivity index (χ1v) is 5.26. The molecule has 1 heterocycles. The van der Waals surface area contributed by atoms with Crippen LogP contribution in [0, 0.1) is 3.57 Å². The summed E-state index contributed by atoms with van der Waals surface area (Å²) in [5.41, 5.74) is -3.19. The Labute approximate surface area is 114 Å². The molecule has 0 saturated carbocycles. The van der Waals surface area contributed by atoms with Crippen molar-refractivity contribution < 1.29 is 41.0 Å². The summed E-state index contributed by atoms with van der Waals surface area (Å²) in [6.45, 7) is 0. The molecule has 0 saturated heterocycles. The van der Waals surface area contributed by atoms with Gasteiger partial charge in [-0.3, -0.25) is 0 Å². The van der Waals surface area contributed by atoms with Crippen LogP contribution in [-0.2, 0) is 6.18 Å². The minimum Gasteiger partial charge on any atom is -0.476 e. The lowest BCUT2D eigenvalue weighted by Crippen LogP contribution is -2.21. The van der Waals surface area contributed by atoms with Crippen LogP contribution in [-0.4, -0.2) is 22.4 Å². The zero-order valence-electron chi connectivity index (χ0n) is 8.43. The molecule has 1 N–H and O–H groups in total. The van der Waals surface area contributed by atoms with Crippen molar-refractivity contribution in [3.63, 3.8) is 0 Å². The van der Waals surface area contributed by atoms with E-state index in [2.05, 4.69) is 9.72 Å². The van der Waals surface area contributed by atoms with E-state index in [1.165, 1.54) is 0 Å². The standard InChI is InChI=1S/C8H2F6INO3/c9-7(10,11)4-2(15)1-3(19-8(12,13)14)16-5(4)6(17)18/h1H,(H,17,18). The highest BCUT2D eigenvalue weighted by Crippen LogP contribution is 2.37. The van der Waals surface area contributed by atoms with Crippen molar-refractivity contribution in [3.8, 4) is 5.88 Å². The van der Waals surface area contributed by atoms with Crippen LogP contribution in [0.25, 0.3) is 0 Å². The number of halogens is 7. The summed E-state index contributed by atoms with van der Waals surface area (Å²) in [4.78, 5) is 13.4. The van der Waals surface area contributed by atoms with Crippen LogP contribution in [0.15, 0.2) is 6.07 Å². The van der Waals surface area contributed by atoms with Gasteiger partial charge < -0.3 is 9.84 Å². The van der Waals surface area contributed by atoms with Gasteiger partial charge in [-0.15, -0.1) is 13.2 Å². The van der Waals surface area contributed by atoms with Crippen LogP contribution >= 0.6 is 22.6 Å². The molecule has 0 atom stereocenters. The molecule has 0 amide bonds. The van der Waals surface area contributed by atoms with Gasteiger partial charge in [-0.1, -0.05) is 0 Å². The molecule has 0 unspecified atom stereocenters. The zero-order valence-corrected chi connectivity index (χ0v) is 10.6. The predicted octanol–water partition coefficient (Wildman–Crippen LogP) is 3.30. The maximum atomic E-state index is 12.6. The van der Waals surface area contributed by atoms with Crippen LogP contribution in [0.4, 0.5) is 26.3 Å². The SMILES string of the molecule is O=C(O)c1nc(OC(F)(F)F)cc(I)c1C(F)(F)F. The number of rotatable bonds is 2. The van der Waals surface area contributed by atoms with Crippen molar-refractivity contribution in [2.45, 2.75) is 12.5 Å². The Morgan fingerprint density at radius 1 is 1.26 bits per heavy atom. The molecular weight excluding hydrogens is 399 g/mol. The van der Waals surface area contributed by atoms with Gasteiger partial charge in [0.15, 0.2) is 5.69 Å². The van der Waals surface area contributed by atoms with Crippen LogP contribution < -0.4 is 4.74 Å². The number of carboxylic acids is 1. The van der Waals surface area contributed by atoms with Crippen molar-refractivity contribution in [1.29, 1.82) is 0 Å². The normalized spacial score (nSPS) is 12.4. The zero-order chi connectivity index (χ0) is 15.0. The lowest BCUT2D eigenvalue weighted by atomic mass is 10.2. The van der Waals surface area contributed by atoms with E-state index in [-0.39, 0.29) is 0 Å². The van der Waals surface area contributed by atoms with Gasteiger partial charge in [0.05, 0.1) is 0 Å². The Morgan fingerprint density at radius 3 is 2.16 bits per heavy atom. The molecule has 0 radical (unpaired) electrons. The summed E-state index contributed by atoms with van der Waals surface area (Å²) in [5.74, 6) is -3.39. The molecule has 0 aliphatic rings. The summed E-state index contributed by atoms with van der Waals surface area (Å²) in [6, 6.07) is 0.351. The minimum absolute atomic E-state index is 0.351. The van der Waals surface area contributed by atoms with Gasteiger partial charge in [-0.2, -0.15) is 13.2 Å². The molecule has 0 fully saturated rings. The van der Waals surface area contributed by atoms with Crippen molar-refractivity contribution in [3.05, 3.63) is 20.9 Å². The Balaban J connectivity index is 3.43. The van der Waals surface area contributed by atoms with Crippen LogP contribution in [0.1, 0.15) is 16.1 Å². The smallest absolute Gasteiger partial charge is 0.476 e. The lowest BCUT2D eigenvalue weighted by Gasteiger charge is -2.14. The highest BCUT2D eigenvalue weighted by atomic mass is 127. The number of nitrogens with zero attached hydrogens (tertiary/aromatic N) is 1. The van der Waals surface area contributed by atoms with E-state index >= 15 is 0 Å². The van der Waals surface area contributed by atoms with E-state index in [9.17, 15) is 31.1 Å². The number of hydrogen-bond donors (Lipinski definition) is 1. The Kier molecular flexibility index (Phi) is 4.17. The van der Waals surface area contributed by atoms with Crippen LogP contribution in [0.3, 0.4) is 0 Å². The average molecular weight is 401 g/mol. The molecule has 0 aliphatic carbocycles. The molecule has 4 nitrogen and oxygen atoms in total. The molecule has 0 bridgehead atoms. The third kappa shape index (κ3) is 4.11. The average Bonchev–Trinajstić information content (AvgIpc) is 2.10. The van der Waals surface area contributed by atoms with Crippen molar-refractivity contribution in [2.24, 2.45) is 0 Å². The number of aromatic nitrogens is 1. The summed E-state index contributed by atoms with van der Waals surface area (Å²) >= 11 is 1.05. The van der Waals surface area contributed by atoms with E-state index in [4.69, 9.17) is 5.11 Å². The first-order chi connectivity index (χ1) is 8.42. The fourth-order valence-electron chi connectivity index (χ4n) is 1.09. The number of ether oxygens (including phenoxy) is 1. The number of aromatic carboxylic acids is 1. The molecule has 0 aliphatic heterocycles. The molecule has 0 spiro atoms. The molecule has 1 aromatic rings. The maximum Gasteiger partial charge on any atom is 0.574 e. The van der Waals surface area contributed by atoms with E-state index in [0.29, 0.717) is 6.07 Å². The fourth-order valence-corrected chi connectivity index (χ4v) is 1.91. The van der Waals surface area contributed by atoms with E-state index < -0.39 is 39.2 Å². The second-order valence-electron chi connectivity index (χ2n) is 3.02. The number of carbonyl (C=O) groups is 1. The summed E-state index contributed by atoms with van der Waals surface area (Å²) in [6.07, 6.45) is -10.3. The van der Waals surface area contributed by atoms with Gasteiger partial charge in [0, 0.05) is 9.64 Å². The van der Waals surface area contributed by atoms with Gasteiger partial charge in [-0.05, 0) is 22.6 Å². The third-order valence-corrected chi connectivity index (χ3v) is 2.50. The largest absolute Gasteiger partial charge is 0.574 e. The van der Waals surface area contributed by atoms with Gasteiger partial charge in [0.25, 0.3) is 0 Å². The molecular formula is C8H2F6INO3. The summed E-state index contributed by atoms with van der Waals surface area (Å²) in [7, 11) is 0. The van der Waals surface area contributed by atoms with E-state index in [1.54, 1.807) is 0 Å². The van der Waals surface area contributed by atoms with Crippen molar-refractivity contribution in [1.82, 2.24) is 4.98 Å². The van der Waals surface area contributed by atoms with Gasteiger partial charge in [0.1, 0.15) is 5.56 Å². The number of pyridine rings is 1. The number of alkyl halides is 6. The monoisotopic (exact) mass is 401 g/mol. The number of hydrogen-bond acceptors (Lipinski definition) is 3. The first kappa shape index (κ1) is 15.8. The summed E-state index contributed by atoms with van der Waals surface area (Å²) in [5, 5.41) is 8.57. The second-order valence-corrected chi connectivity index (χ2v) is 4.18. The second kappa shape index (κ2) is 5.02. The Morgan fingerprint density at radius 2 is 1.79 bits per heavy atom. The number of carboxylic acid groups (broad SMARTS) is 1. The molecule has 0 aromatic carbocycles. The quantitative estimate of drug-likeness (QED) is 0.611. The highest BCUT2D eigenvalue weighted by Gasteiger charge is 2.40. The molecule has 1 rings (SSSR count). The van der Waals surface area contributed by atoms with Gasteiger partial charge in [-0.25, -0.2) is 9.78 Å². The van der Waals surface area contributed by atoms with Gasteiger partial charge >= 0.3 is 18.5 Å².